The lowest BCUT2D eigenvalue weighted by Gasteiger charge is -2.32. The fourth-order valence-corrected chi connectivity index (χ4v) is 5.67. The average molecular weight is 580 g/mol. The van der Waals surface area contributed by atoms with Crippen LogP contribution < -0.4 is 14.4 Å². The molecule has 41 heavy (non-hydrogen) atoms. The van der Waals surface area contributed by atoms with Gasteiger partial charge in [-0.2, -0.15) is 0 Å². The predicted octanol–water partition coefficient (Wildman–Crippen LogP) is 5.20. The molecule has 3 rings (SSSR count). The zero-order valence-corrected chi connectivity index (χ0v) is 25.5. The Morgan fingerprint density at radius 3 is 2.00 bits per heavy atom. The Morgan fingerprint density at radius 2 is 1.46 bits per heavy atom. The molecule has 0 bridgehead atoms. The fraction of sp³-hybridized carbons (Fsp3) is 0.375. The number of carbonyl (C=O) groups is 2. The molecule has 3 aromatic carbocycles. The first kappa shape index (κ1) is 31.7. The zero-order valence-electron chi connectivity index (χ0n) is 24.7. The van der Waals surface area contributed by atoms with E-state index in [-0.39, 0.29) is 29.2 Å². The van der Waals surface area contributed by atoms with Gasteiger partial charge in [0.15, 0.2) is 0 Å². The van der Waals surface area contributed by atoms with Crippen molar-refractivity contribution in [3.05, 3.63) is 90.0 Å². The highest BCUT2D eigenvalue weighted by molar-refractivity contribution is 7.92. The summed E-state index contributed by atoms with van der Waals surface area (Å²) < 4.78 is 34.1. The number of amides is 2. The highest BCUT2D eigenvalue weighted by atomic mass is 32.2. The van der Waals surface area contributed by atoms with Crippen LogP contribution in [0.1, 0.15) is 51.7 Å². The van der Waals surface area contributed by atoms with Crippen molar-refractivity contribution in [1.82, 2.24) is 10.2 Å². The van der Waals surface area contributed by atoms with Gasteiger partial charge in [0, 0.05) is 13.1 Å². The molecule has 0 aliphatic carbocycles. The van der Waals surface area contributed by atoms with Crippen LogP contribution >= 0.6 is 0 Å². The summed E-state index contributed by atoms with van der Waals surface area (Å²) in [6.07, 6.45) is 0. The third-order valence-electron chi connectivity index (χ3n) is 6.82. The smallest absolute Gasteiger partial charge is 0.264 e. The summed E-state index contributed by atoms with van der Waals surface area (Å²) in [7, 11) is -2.53. The Hall–Kier alpha value is -3.85. The summed E-state index contributed by atoms with van der Waals surface area (Å²) in [5.74, 6) is 0.353. The second-order valence-corrected chi connectivity index (χ2v) is 12.6. The minimum atomic E-state index is -4.10. The number of ether oxygens (including phenoxy) is 1. The van der Waals surface area contributed by atoms with E-state index in [0.29, 0.717) is 18.0 Å². The van der Waals surface area contributed by atoms with Gasteiger partial charge in [0.05, 0.1) is 17.7 Å². The van der Waals surface area contributed by atoms with Gasteiger partial charge in [-0.1, -0.05) is 70.2 Å². The lowest BCUT2D eigenvalue weighted by Crippen LogP contribution is -2.51. The average Bonchev–Trinajstić information content (AvgIpc) is 2.97. The van der Waals surface area contributed by atoms with E-state index in [0.717, 1.165) is 15.4 Å². The Morgan fingerprint density at radius 1 is 0.854 bits per heavy atom. The van der Waals surface area contributed by atoms with Gasteiger partial charge in [0.1, 0.15) is 18.3 Å². The predicted molar refractivity (Wildman–Crippen MR) is 162 cm³/mol. The molecule has 0 fully saturated rings. The lowest BCUT2D eigenvalue weighted by atomic mass is 10.0. The van der Waals surface area contributed by atoms with E-state index in [1.54, 1.807) is 56.5 Å². The van der Waals surface area contributed by atoms with Gasteiger partial charge >= 0.3 is 0 Å². The molecule has 220 valence electrons. The molecule has 0 aromatic heterocycles. The van der Waals surface area contributed by atoms with Crippen LogP contribution in [0.15, 0.2) is 83.8 Å². The van der Waals surface area contributed by atoms with Crippen LogP contribution in [-0.2, 0) is 26.2 Å². The largest absolute Gasteiger partial charge is 0.497 e. The van der Waals surface area contributed by atoms with E-state index in [1.165, 1.54) is 17.0 Å². The number of anilines is 1. The van der Waals surface area contributed by atoms with Crippen LogP contribution in [-0.4, -0.2) is 51.4 Å². The molecular weight excluding hydrogens is 538 g/mol. The van der Waals surface area contributed by atoms with Crippen molar-refractivity contribution < 1.29 is 22.7 Å². The highest BCUT2D eigenvalue weighted by Gasteiger charge is 2.32. The van der Waals surface area contributed by atoms with Crippen LogP contribution in [0.25, 0.3) is 0 Å². The summed E-state index contributed by atoms with van der Waals surface area (Å²) in [5.41, 5.74) is 2.20. The number of methoxy groups -OCH3 is 1. The maximum atomic E-state index is 14.0. The molecule has 0 spiro atoms. The van der Waals surface area contributed by atoms with E-state index in [9.17, 15) is 18.0 Å². The number of benzene rings is 3. The standard InChI is InChI=1S/C32H41N3O5S/c1-23(2)20-33-32(37)25(5)34(21-26-12-18-29(40-6)19-13-26)31(36)22-35(28-16-14-27(15-17-28)24(3)4)41(38,39)30-10-8-7-9-11-30/h7-19,23-25H,20-22H2,1-6H3,(H,33,37)/t25-/m0/s1. The molecule has 1 atom stereocenters. The second kappa shape index (κ2) is 14.2. The first-order valence-corrected chi connectivity index (χ1v) is 15.3. The molecule has 1 N–H and O–H groups in total. The van der Waals surface area contributed by atoms with Gasteiger partial charge in [-0.25, -0.2) is 8.42 Å². The lowest BCUT2D eigenvalue weighted by molar-refractivity contribution is -0.139. The minimum Gasteiger partial charge on any atom is -0.497 e. The van der Waals surface area contributed by atoms with E-state index in [4.69, 9.17) is 4.74 Å². The summed E-state index contributed by atoms with van der Waals surface area (Å²) in [4.78, 5) is 28.6. The molecular formula is C32H41N3O5S. The van der Waals surface area contributed by atoms with Crippen molar-refractivity contribution >= 4 is 27.5 Å². The van der Waals surface area contributed by atoms with Gasteiger partial charge in [0.25, 0.3) is 10.0 Å². The van der Waals surface area contributed by atoms with Crippen molar-refractivity contribution in [2.75, 3.05) is 24.5 Å². The summed E-state index contributed by atoms with van der Waals surface area (Å²) >= 11 is 0. The molecule has 0 saturated carbocycles. The normalized spacial score (nSPS) is 12.2. The van der Waals surface area contributed by atoms with Crippen molar-refractivity contribution in [2.45, 2.75) is 58.0 Å². The van der Waals surface area contributed by atoms with Gasteiger partial charge in [-0.3, -0.25) is 13.9 Å². The summed E-state index contributed by atoms with van der Waals surface area (Å²) in [5, 5.41) is 2.89. The first-order valence-electron chi connectivity index (χ1n) is 13.8. The van der Waals surface area contributed by atoms with Gasteiger partial charge in [-0.05, 0) is 66.3 Å². The third kappa shape index (κ3) is 8.33. The first-order chi connectivity index (χ1) is 19.4. The highest BCUT2D eigenvalue weighted by Crippen LogP contribution is 2.26. The molecule has 0 aliphatic heterocycles. The summed E-state index contributed by atoms with van der Waals surface area (Å²) in [6, 6.07) is 21.6. The Kier molecular flexibility index (Phi) is 10.9. The zero-order chi connectivity index (χ0) is 30.2. The van der Waals surface area contributed by atoms with Crippen molar-refractivity contribution in [3.8, 4) is 5.75 Å². The second-order valence-electron chi connectivity index (χ2n) is 10.8. The fourth-order valence-electron chi connectivity index (χ4n) is 4.24. The van der Waals surface area contributed by atoms with E-state index in [2.05, 4.69) is 19.2 Å². The molecule has 0 aliphatic rings. The maximum Gasteiger partial charge on any atom is 0.264 e. The monoisotopic (exact) mass is 579 g/mol. The maximum absolute atomic E-state index is 14.0. The number of nitrogens with zero attached hydrogens (tertiary/aromatic N) is 2. The number of hydrogen-bond donors (Lipinski definition) is 1. The Labute approximate surface area is 244 Å². The van der Waals surface area contributed by atoms with E-state index < -0.39 is 28.5 Å². The van der Waals surface area contributed by atoms with Gasteiger partial charge in [-0.15, -0.1) is 0 Å². The number of hydrogen-bond acceptors (Lipinski definition) is 5. The molecule has 2 amide bonds. The quantitative estimate of drug-likeness (QED) is 0.300. The van der Waals surface area contributed by atoms with Crippen LogP contribution in [0, 0.1) is 5.92 Å². The van der Waals surface area contributed by atoms with Crippen LogP contribution in [0.3, 0.4) is 0 Å². The minimum absolute atomic E-state index is 0.0742. The van der Waals surface area contributed by atoms with Crippen molar-refractivity contribution in [3.63, 3.8) is 0 Å². The number of rotatable bonds is 13. The number of carbonyl (C=O) groups excluding carboxylic acids is 2. The molecule has 0 radical (unpaired) electrons. The van der Waals surface area contributed by atoms with E-state index >= 15 is 0 Å². The van der Waals surface area contributed by atoms with Crippen LogP contribution in [0.5, 0.6) is 5.75 Å². The third-order valence-corrected chi connectivity index (χ3v) is 8.61. The van der Waals surface area contributed by atoms with E-state index in [1.807, 2.05) is 38.1 Å². The number of nitrogens with one attached hydrogen (secondary N) is 1. The van der Waals surface area contributed by atoms with Crippen LogP contribution in [0.2, 0.25) is 0 Å². The molecule has 8 nitrogen and oxygen atoms in total. The van der Waals surface area contributed by atoms with Gasteiger partial charge in [0.2, 0.25) is 11.8 Å². The van der Waals surface area contributed by atoms with Gasteiger partial charge < -0.3 is 15.0 Å². The molecule has 3 aromatic rings. The molecule has 0 unspecified atom stereocenters. The molecule has 9 heteroatoms. The topological polar surface area (TPSA) is 96.0 Å². The summed E-state index contributed by atoms with van der Waals surface area (Å²) in [6.45, 7) is 9.85. The Balaban J connectivity index is 2.01. The number of sulfonamides is 1. The van der Waals surface area contributed by atoms with Crippen molar-refractivity contribution in [1.29, 1.82) is 0 Å². The molecule has 0 saturated heterocycles. The SMILES string of the molecule is COc1ccc(CN(C(=O)CN(c2ccc(C(C)C)cc2)S(=O)(=O)c2ccccc2)[C@@H](C)C(=O)NCC(C)C)cc1. The van der Waals surface area contributed by atoms with Crippen molar-refractivity contribution in [2.24, 2.45) is 5.92 Å². The van der Waals surface area contributed by atoms with Crippen LogP contribution in [0.4, 0.5) is 5.69 Å². The Bertz CT molecular complexity index is 1390. The molecule has 0 heterocycles.